The van der Waals surface area contributed by atoms with Crippen LogP contribution in [0.4, 0.5) is 0 Å². The molecule has 1 fully saturated rings. The molecule has 12 heavy (non-hydrogen) atoms. The number of hydrogen-bond acceptors (Lipinski definition) is 3. The first-order valence-corrected chi connectivity index (χ1v) is 4.43. The zero-order valence-corrected chi connectivity index (χ0v) is 7.38. The molecule has 66 valence electrons. The third-order valence-electron chi connectivity index (χ3n) is 2.12. The van der Waals surface area contributed by atoms with Gasteiger partial charge in [0.25, 0.3) is 5.35 Å². The van der Waals surface area contributed by atoms with E-state index in [9.17, 15) is 0 Å². The van der Waals surface area contributed by atoms with E-state index < -0.39 is 0 Å². The van der Waals surface area contributed by atoms with Gasteiger partial charge in [0, 0.05) is 19.1 Å². The predicted octanol–water partition coefficient (Wildman–Crippen LogP) is 2.22. The number of halogens is 1. The highest BCUT2D eigenvalue weighted by Gasteiger charge is 2.19. The van der Waals surface area contributed by atoms with Crippen LogP contribution < -0.4 is 0 Å². The quantitative estimate of drug-likeness (QED) is 0.676. The SMILES string of the molecule is Clc1ncc(C2CCOCC2)o1. The summed E-state index contributed by atoms with van der Waals surface area (Å²) in [5.74, 6) is 1.34. The van der Waals surface area contributed by atoms with Crippen LogP contribution in [0, 0.1) is 0 Å². The van der Waals surface area contributed by atoms with Gasteiger partial charge in [-0.05, 0) is 24.4 Å². The Balaban J connectivity index is 2.08. The summed E-state index contributed by atoms with van der Waals surface area (Å²) >= 11 is 5.57. The van der Waals surface area contributed by atoms with Crippen LogP contribution in [-0.4, -0.2) is 18.2 Å². The monoisotopic (exact) mass is 187 g/mol. The van der Waals surface area contributed by atoms with Crippen molar-refractivity contribution in [3.05, 3.63) is 17.3 Å². The molecule has 1 aromatic rings. The maximum absolute atomic E-state index is 5.57. The molecular formula is C8H10ClNO2. The first kappa shape index (κ1) is 8.08. The minimum Gasteiger partial charge on any atom is -0.433 e. The zero-order valence-electron chi connectivity index (χ0n) is 6.62. The van der Waals surface area contributed by atoms with Gasteiger partial charge < -0.3 is 9.15 Å². The van der Waals surface area contributed by atoms with Gasteiger partial charge in [0.05, 0.1) is 6.20 Å². The third-order valence-corrected chi connectivity index (χ3v) is 2.29. The zero-order chi connectivity index (χ0) is 8.39. The van der Waals surface area contributed by atoms with E-state index >= 15 is 0 Å². The molecule has 2 rings (SSSR count). The number of oxazole rings is 1. The van der Waals surface area contributed by atoms with Crippen LogP contribution in [0.15, 0.2) is 10.6 Å². The molecule has 4 heteroatoms. The lowest BCUT2D eigenvalue weighted by atomic mass is 9.98. The second kappa shape index (κ2) is 3.46. The molecule has 0 spiro atoms. The van der Waals surface area contributed by atoms with Crippen molar-refractivity contribution in [2.75, 3.05) is 13.2 Å². The highest BCUT2D eigenvalue weighted by atomic mass is 35.5. The summed E-state index contributed by atoms with van der Waals surface area (Å²) in [4.78, 5) is 3.85. The summed E-state index contributed by atoms with van der Waals surface area (Å²) in [5.41, 5.74) is 0. The van der Waals surface area contributed by atoms with Gasteiger partial charge in [-0.3, -0.25) is 0 Å². The van der Waals surface area contributed by atoms with Crippen molar-refractivity contribution in [1.29, 1.82) is 0 Å². The van der Waals surface area contributed by atoms with Gasteiger partial charge in [-0.1, -0.05) is 0 Å². The van der Waals surface area contributed by atoms with Crippen molar-refractivity contribution in [1.82, 2.24) is 4.98 Å². The van der Waals surface area contributed by atoms with Crippen LogP contribution in [0.25, 0.3) is 0 Å². The number of nitrogens with zero attached hydrogens (tertiary/aromatic N) is 1. The van der Waals surface area contributed by atoms with E-state index in [1.807, 2.05) is 0 Å². The Morgan fingerprint density at radius 3 is 2.75 bits per heavy atom. The van der Waals surface area contributed by atoms with Gasteiger partial charge in [-0.15, -0.1) is 0 Å². The van der Waals surface area contributed by atoms with E-state index in [1.54, 1.807) is 6.20 Å². The summed E-state index contributed by atoms with van der Waals surface area (Å²) < 4.78 is 10.5. The number of rotatable bonds is 1. The first-order valence-electron chi connectivity index (χ1n) is 4.05. The molecule has 0 atom stereocenters. The Morgan fingerprint density at radius 2 is 2.17 bits per heavy atom. The molecule has 0 amide bonds. The highest BCUT2D eigenvalue weighted by molar-refractivity contribution is 6.27. The smallest absolute Gasteiger partial charge is 0.292 e. The average Bonchev–Trinajstić information content (AvgIpc) is 2.54. The van der Waals surface area contributed by atoms with E-state index in [-0.39, 0.29) is 5.35 Å². The Bertz CT molecular complexity index is 255. The fraction of sp³-hybridized carbons (Fsp3) is 0.625. The summed E-state index contributed by atoms with van der Waals surface area (Å²) in [5, 5.41) is 0.233. The van der Waals surface area contributed by atoms with E-state index in [1.165, 1.54) is 0 Å². The number of hydrogen-bond donors (Lipinski definition) is 0. The second-order valence-electron chi connectivity index (χ2n) is 2.90. The van der Waals surface area contributed by atoms with E-state index in [2.05, 4.69) is 4.98 Å². The van der Waals surface area contributed by atoms with Gasteiger partial charge in [0.15, 0.2) is 0 Å². The first-order chi connectivity index (χ1) is 5.86. The highest BCUT2D eigenvalue weighted by Crippen LogP contribution is 2.27. The predicted molar refractivity (Wildman–Crippen MR) is 44.3 cm³/mol. The van der Waals surface area contributed by atoms with E-state index in [4.69, 9.17) is 20.8 Å². The van der Waals surface area contributed by atoms with Crippen LogP contribution in [0.1, 0.15) is 24.5 Å². The largest absolute Gasteiger partial charge is 0.433 e. The molecule has 1 aromatic heterocycles. The lowest BCUT2D eigenvalue weighted by Gasteiger charge is -2.19. The lowest BCUT2D eigenvalue weighted by Crippen LogP contribution is -2.13. The Kier molecular flexibility index (Phi) is 2.33. The van der Waals surface area contributed by atoms with Crippen molar-refractivity contribution in [2.45, 2.75) is 18.8 Å². The fourth-order valence-electron chi connectivity index (χ4n) is 1.44. The Morgan fingerprint density at radius 1 is 1.42 bits per heavy atom. The van der Waals surface area contributed by atoms with Crippen molar-refractivity contribution >= 4 is 11.6 Å². The molecular weight excluding hydrogens is 178 g/mol. The summed E-state index contributed by atoms with van der Waals surface area (Å²) in [6, 6.07) is 0. The summed E-state index contributed by atoms with van der Waals surface area (Å²) in [6.45, 7) is 1.62. The van der Waals surface area contributed by atoms with Crippen LogP contribution in [0.5, 0.6) is 0 Å². The van der Waals surface area contributed by atoms with Crippen LogP contribution in [-0.2, 0) is 4.74 Å². The van der Waals surface area contributed by atoms with Gasteiger partial charge in [0.2, 0.25) is 0 Å². The van der Waals surface area contributed by atoms with Crippen molar-refractivity contribution in [2.24, 2.45) is 0 Å². The maximum atomic E-state index is 5.57. The fourth-order valence-corrected chi connectivity index (χ4v) is 1.57. The van der Waals surface area contributed by atoms with E-state index in [0.29, 0.717) is 5.92 Å². The molecule has 0 aliphatic carbocycles. The normalized spacial score (nSPS) is 19.8. The van der Waals surface area contributed by atoms with Crippen LogP contribution in [0.2, 0.25) is 5.35 Å². The molecule has 0 bridgehead atoms. The molecule has 0 aromatic carbocycles. The molecule has 3 nitrogen and oxygen atoms in total. The summed E-state index contributed by atoms with van der Waals surface area (Å²) in [6.07, 6.45) is 3.72. The molecule has 0 radical (unpaired) electrons. The molecule has 1 aliphatic heterocycles. The van der Waals surface area contributed by atoms with Crippen LogP contribution in [0.3, 0.4) is 0 Å². The Hall–Kier alpha value is -0.540. The number of ether oxygens (including phenoxy) is 1. The number of aromatic nitrogens is 1. The van der Waals surface area contributed by atoms with Gasteiger partial charge in [-0.2, -0.15) is 0 Å². The van der Waals surface area contributed by atoms with Gasteiger partial charge in [-0.25, -0.2) is 4.98 Å². The van der Waals surface area contributed by atoms with Crippen LogP contribution >= 0.6 is 11.6 Å². The van der Waals surface area contributed by atoms with Gasteiger partial charge >= 0.3 is 0 Å². The molecule has 2 heterocycles. The van der Waals surface area contributed by atoms with Crippen molar-refractivity contribution < 1.29 is 9.15 Å². The van der Waals surface area contributed by atoms with Crippen molar-refractivity contribution in [3.8, 4) is 0 Å². The maximum Gasteiger partial charge on any atom is 0.292 e. The second-order valence-corrected chi connectivity index (χ2v) is 3.23. The van der Waals surface area contributed by atoms with Gasteiger partial charge in [0.1, 0.15) is 5.76 Å². The standard InChI is InChI=1S/C8H10ClNO2/c9-8-10-5-7(12-8)6-1-3-11-4-2-6/h5-6H,1-4H2. The van der Waals surface area contributed by atoms with Crippen molar-refractivity contribution in [3.63, 3.8) is 0 Å². The average molecular weight is 188 g/mol. The topological polar surface area (TPSA) is 35.3 Å². The molecule has 0 N–H and O–H groups in total. The summed E-state index contributed by atoms with van der Waals surface area (Å²) in [7, 11) is 0. The third kappa shape index (κ3) is 1.62. The molecule has 0 unspecified atom stereocenters. The molecule has 1 saturated heterocycles. The molecule has 1 aliphatic rings. The minimum atomic E-state index is 0.233. The minimum absolute atomic E-state index is 0.233. The Labute approximate surface area is 75.7 Å². The van der Waals surface area contributed by atoms with E-state index in [0.717, 1.165) is 31.8 Å². The lowest BCUT2D eigenvalue weighted by molar-refractivity contribution is 0.0807. The molecule has 0 saturated carbocycles.